The first-order valence-corrected chi connectivity index (χ1v) is 7.12. The molecule has 1 saturated heterocycles. The van der Waals surface area contributed by atoms with Crippen molar-refractivity contribution >= 4 is 22.4 Å². The average molecular weight is 274 g/mol. The zero-order chi connectivity index (χ0) is 14.4. The van der Waals surface area contributed by atoms with Gasteiger partial charge in [0.15, 0.2) is 0 Å². The van der Waals surface area contributed by atoms with Gasteiger partial charge < -0.3 is 9.80 Å². The van der Waals surface area contributed by atoms with Crippen molar-refractivity contribution in [1.29, 1.82) is 0 Å². The van der Waals surface area contributed by atoms with Crippen LogP contribution in [-0.2, 0) is 14.1 Å². The van der Waals surface area contributed by atoms with E-state index < -0.39 is 0 Å². The number of aryl methyl sites for hydroxylation is 2. The monoisotopic (exact) mass is 274 g/mol. The standard InChI is InChI=1S/C15H22N4O/c1-16(2)11-9-12-13(18(4)15(20)17(12)3)10-14(11)19-7-5-6-8-19/h9-10H,5-8H2,1-4H3. The Morgan fingerprint density at radius 1 is 1.00 bits per heavy atom. The first-order valence-electron chi connectivity index (χ1n) is 7.12. The van der Waals surface area contributed by atoms with Crippen LogP contribution < -0.4 is 15.5 Å². The SMILES string of the molecule is CN(C)c1cc2c(cc1N1CCCC1)n(C)c(=O)n2C. The van der Waals surface area contributed by atoms with Crippen LogP contribution in [0.2, 0.25) is 0 Å². The Kier molecular flexibility index (Phi) is 3.00. The molecule has 2 heterocycles. The second kappa shape index (κ2) is 4.58. The normalized spacial score (nSPS) is 15.3. The lowest BCUT2D eigenvalue weighted by atomic mass is 10.2. The predicted molar refractivity (Wildman–Crippen MR) is 83.9 cm³/mol. The van der Waals surface area contributed by atoms with Gasteiger partial charge in [0, 0.05) is 41.3 Å². The molecule has 0 spiro atoms. The third kappa shape index (κ3) is 1.80. The summed E-state index contributed by atoms with van der Waals surface area (Å²) in [6, 6.07) is 4.29. The molecular formula is C15H22N4O. The first-order chi connectivity index (χ1) is 9.50. The topological polar surface area (TPSA) is 33.4 Å². The first kappa shape index (κ1) is 13.1. The highest BCUT2D eigenvalue weighted by molar-refractivity contribution is 5.89. The maximum absolute atomic E-state index is 12.1. The second-order valence-electron chi connectivity index (χ2n) is 5.82. The molecule has 108 valence electrons. The molecule has 1 fully saturated rings. The number of hydrogen-bond acceptors (Lipinski definition) is 3. The number of anilines is 2. The summed E-state index contributed by atoms with van der Waals surface area (Å²) in [7, 11) is 7.79. The maximum atomic E-state index is 12.1. The van der Waals surface area contributed by atoms with E-state index in [9.17, 15) is 4.79 Å². The molecule has 0 atom stereocenters. The van der Waals surface area contributed by atoms with Gasteiger partial charge in [-0.25, -0.2) is 4.79 Å². The summed E-state index contributed by atoms with van der Waals surface area (Å²) >= 11 is 0. The molecule has 5 nitrogen and oxygen atoms in total. The van der Waals surface area contributed by atoms with E-state index in [-0.39, 0.29) is 5.69 Å². The van der Waals surface area contributed by atoms with Crippen LogP contribution in [0.1, 0.15) is 12.8 Å². The summed E-state index contributed by atoms with van der Waals surface area (Å²) in [6.45, 7) is 2.21. The maximum Gasteiger partial charge on any atom is 0.328 e. The Morgan fingerprint density at radius 3 is 2.10 bits per heavy atom. The number of imidazole rings is 1. The van der Waals surface area contributed by atoms with Gasteiger partial charge in [-0.3, -0.25) is 9.13 Å². The van der Waals surface area contributed by atoms with E-state index in [4.69, 9.17) is 0 Å². The van der Waals surface area contributed by atoms with Crippen molar-refractivity contribution in [2.75, 3.05) is 37.0 Å². The number of rotatable bonds is 2. The predicted octanol–water partition coefficient (Wildman–Crippen LogP) is 1.54. The van der Waals surface area contributed by atoms with E-state index in [1.807, 2.05) is 14.1 Å². The Morgan fingerprint density at radius 2 is 1.55 bits per heavy atom. The number of hydrogen-bond donors (Lipinski definition) is 0. The van der Waals surface area contributed by atoms with Gasteiger partial charge in [-0.2, -0.15) is 0 Å². The molecule has 1 aromatic heterocycles. The molecule has 0 bridgehead atoms. The van der Waals surface area contributed by atoms with Gasteiger partial charge >= 0.3 is 5.69 Å². The molecule has 0 N–H and O–H groups in total. The van der Waals surface area contributed by atoms with Crippen LogP contribution in [0, 0.1) is 0 Å². The minimum atomic E-state index is 0.0308. The fourth-order valence-electron chi connectivity index (χ4n) is 3.09. The Hall–Kier alpha value is -1.91. The summed E-state index contributed by atoms with van der Waals surface area (Å²) in [5, 5.41) is 0. The number of fused-ring (bicyclic) bond motifs is 1. The fraction of sp³-hybridized carbons (Fsp3) is 0.533. The van der Waals surface area contributed by atoms with Crippen molar-refractivity contribution in [2.45, 2.75) is 12.8 Å². The van der Waals surface area contributed by atoms with Gasteiger partial charge in [0.05, 0.1) is 22.4 Å². The van der Waals surface area contributed by atoms with Crippen molar-refractivity contribution in [3.63, 3.8) is 0 Å². The van der Waals surface area contributed by atoms with E-state index in [0.717, 1.165) is 24.1 Å². The summed E-state index contributed by atoms with van der Waals surface area (Å²) < 4.78 is 3.45. The van der Waals surface area contributed by atoms with Crippen LogP contribution in [0.3, 0.4) is 0 Å². The Labute approximate surface area is 119 Å². The van der Waals surface area contributed by atoms with Crippen LogP contribution in [0.5, 0.6) is 0 Å². The average Bonchev–Trinajstić information content (AvgIpc) is 3.02. The zero-order valence-corrected chi connectivity index (χ0v) is 12.7. The molecule has 0 amide bonds. The Balaban J connectivity index is 2.29. The quantitative estimate of drug-likeness (QED) is 0.833. The highest BCUT2D eigenvalue weighted by Gasteiger charge is 2.20. The third-order valence-electron chi connectivity index (χ3n) is 4.30. The Bertz CT molecular complexity index is 705. The minimum absolute atomic E-state index is 0.0308. The van der Waals surface area contributed by atoms with E-state index in [1.54, 1.807) is 9.13 Å². The molecule has 20 heavy (non-hydrogen) atoms. The van der Waals surface area contributed by atoms with E-state index in [2.05, 4.69) is 36.0 Å². The molecule has 0 unspecified atom stereocenters. The molecule has 0 saturated carbocycles. The van der Waals surface area contributed by atoms with Gasteiger partial charge in [0.2, 0.25) is 0 Å². The highest BCUT2D eigenvalue weighted by atomic mass is 16.1. The van der Waals surface area contributed by atoms with Crippen molar-refractivity contribution in [1.82, 2.24) is 9.13 Å². The molecule has 1 aliphatic rings. The molecule has 1 aromatic carbocycles. The van der Waals surface area contributed by atoms with Crippen LogP contribution >= 0.6 is 0 Å². The zero-order valence-electron chi connectivity index (χ0n) is 12.7. The third-order valence-corrected chi connectivity index (χ3v) is 4.30. The van der Waals surface area contributed by atoms with Gasteiger partial charge in [-0.1, -0.05) is 0 Å². The van der Waals surface area contributed by atoms with E-state index in [0.29, 0.717) is 0 Å². The molecule has 1 aliphatic heterocycles. The van der Waals surface area contributed by atoms with Crippen LogP contribution in [-0.4, -0.2) is 36.3 Å². The summed E-state index contributed by atoms with van der Waals surface area (Å²) in [4.78, 5) is 16.7. The summed E-state index contributed by atoms with van der Waals surface area (Å²) in [6.07, 6.45) is 2.50. The molecule has 0 aliphatic carbocycles. The number of aromatic nitrogens is 2. The van der Waals surface area contributed by atoms with E-state index in [1.165, 1.54) is 24.2 Å². The lowest BCUT2D eigenvalue weighted by Crippen LogP contribution is -2.21. The van der Waals surface area contributed by atoms with E-state index >= 15 is 0 Å². The van der Waals surface area contributed by atoms with Crippen LogP contribution in [0.15, 0.2) is 16.9 Å². The lowest BCUT2D eigenvalue weighted by molar-refractivity contribution is 0.795. The van der Waals surface area contributed by atoms with Gasteiger partial charge in [-0.15, -0.1) is 0 Å². The van der Waals surface area contributed by atoms with Crippen LogP contribution in [0.4, 0.5) is 11.4 Å². The number of benzene rings is 1. The molecule has 2 aromatic rings. The molecular weight excluding hydrogens is 252 g/mol. The molecule has 3 rings (SSSR count). The fourth-order valence-corrected chi connectivity index (χ4v) is 3.09. The smallest absolute Gasteiger partial charge is 0.328 e. The second-order valence-corrected chi connectivity index (χ2v) is 5.82. The summed E-state index contributed by atoms with van der Waals surface area (Å²) in [5.41, 5.74) is 4.44. The minimum Gasteiger partial charge on any atom is -0.376 e. The van der Waals surface area contributed by atoms with Crippen molar-refractivity contribution in [2.24, 2.45) is 14.1 Å². The largest absolute Gasteiger partial charge is 0.376 e. The highest BCUT2D eigenvalue weighted by Crippen LogP contribution is 2.34. The van der Waals surface area contributed by atoms with Crippen molar-refractivity contribution in [3.05, 3.63) is 22.6 Å². The van der Waals surface area contributed by atoms with Gasteiger partial charge in [0.25, 0.3) is 0 Å². The van der Waals surface area contributed by atoms with Gasteiger partial charge in [0.1, 0.15) is 0 Å². The van der Waals surface area contributed by atoms with Crippen molar-refractivity contribution < 1.29 is 0 Å². The van der Waals surface area contributed by atoms with Crippen molar-refractivity contribution in [3.8, 4) is 0 Å². The molecule has 0 radical (unpaired) electrons. The summed E-state index contributed by atoms with van der Waals surface area (Å²) in [5.74, 6) is 0. The molecule has 5 heteroatoms. The lowest BCUT2D eigenvalue weighted by Gasteiger charge is -2.25. The number of nitrogens with zero attached hydrogens (tertiary/aromatic N) is 4. The van der Waals surface area contributed by atoms with Gasteiger partial charge in [-0.05, 0) is 25.0 Å². The van der Waals surface area contributed by atoms with Crippen LogP contribution in [0.25, 0.3) is 11.0 Å².